The molecular formula is C15H26N2O2S. The van der Waals surface area contributed by atoms with Gasteiger partial charge in [0, 0.05) is 18.6 Å². The highest BCUT2D eigenvalue weighted by molar-refractivity contribution is 7.88. The molecule has 0 bridgehead atoms. The first-order valence-electron chi connectivity index (χ1n) is 7.13. The van der Waals surface area contributed by atoms with Gasteiger partial charge in [0.1, 0.15) is 0 Å². The Morgan fingerprint density at radius 2 is 1.80 bits per heavy atom. The predicted molar refractivity (Wildman–Crippen MR) is 83.9 cm³/mol. The molecular weight excluding hydrogens is 272 g/mol. The van der Waals surface area contributed by atoms with Crippen LogP contribution in [0.15, 0.2) is 24.3 Å². The maximum absolute atomic E-state index is 12.0. The number of rotatable bonds is 8. The van der Waals surface area contributed by atoms with E-state index in [1.807, 2.05) is 38.1 Å². The molecule has 0 heterocycles. The summed E-state index contributed by atoms with van der Waals surface area (Å²) in [6.45, 7) is 8.77. The maximum atomic E-state index is 12.0. The fourth-order valence-electron chi connectivity index (χ4n) is 1.80. The SMILES string of the molecule is CCC(C)NS(=O)(=O)Cc1cccc(CNC(C)C)c1. The highest BCUT2D eigenvalue weighted by Gasteiger charge is 2.14. The van der Waals surface area contributed by atoms with Crippen molar-refractivity contribution in [1.29, 1.82) is 0 Å². The molecule has 0 saturated heterocycles. The van der Waals surface area contributed by atoms with Gasteiger partial charge in [0.15, 0.2) is 0 Å². The molecule has 1 rings (SSSR count). The first kappa shape index (κ1) is 17.1. The lowest BCUT2D eigenvalue weighted by Gasteiger charge is -2.13. The van der Waals surface area contributed by atoms with E-state index in [0.29, 0.717) is 6.04 Å². The van der Waals surface area contributed by atoms with Crippen molar-refractivity contribution in [2.45, 2.75) is 58.5 Å². The summed E-state index contributed by atoms with van der Waals surface area (Å²) >= 11 is 0. The van der Waals surface area contributed by atoms with Gasteiger partial charge in [0.2, 0.25) is 10.0 Å². The summed E-state index contributed by atoms with van der Waals surface area (Å²) in [5.74, 6) is 0.0346. The molecule has 1 unspecified atom stereocenters. The van der Waals surface area contributed by atoms with E-state index < -0.39 is 10.0 Å². The van der Waals surface area contributed by atoms with Crippen LogP contribution in [-0.2, 0) is 22.3 Å². The summed E-state index contributed by atoms with van der Waals surface area (Å²) in [5, 5.41) is 3.33. The lowest BCUT2D eigenvalue weighted by molar-refractivity contribution is 0.555. The van der Waals surface area contributed by atoms with Gasteiger partial charge in [-0.1, -0.05) is 45.0 Å². The van der Waals surface area contributed by atoms with Crippen molar-refractivity contribution in [3.8, 4) is 0 Å². The Hall–Kier alpha value is -0.910. The average Bonchev–Trinajstić information content (AvgIpc) is 2.35. The standard InChI is InChI=1S/C15H26N2O2S/c1-5-13(4)17-20(18,19)11-15-8-6-7-14(9-15)10-16-12(2)3/h6-9,12-13,16-17H,5,10-11H2,1-4H3. The zero-order chi connectivity index (χ0) is 15.2. The fraction of sp³-hybridized carbons (Fsp3) is 0.600. The highest BCUT2D eigenvalue weighted by atomic mass is 32.2. The Bertz CT molecular complexity index is 512. The first-order chi connectivity index (χ1) is 9.32. The quantitative estimate of drug-likeness (QED) is 0.775. The van der Waals surface area contributed by atoms with E-state index in [9.17, 15) is 8.42 Å². The first-order valence-corrected chi connectivity index (χ1v) is 8.79. The van der Waals surface area contributed by atoms with E-state index in [-0.39, 0.29) is 11.8 Å². The van der Waals surface area contributed by atoms with Crippen molar-refractivity contribution in [3.05, 3.63) is 35.4 Å². The molecule has 2 N–H and O–H groups in total. The van der Waals surface area contributed by atoms with Crippen molar-refractivity contribution in [3.63, 3.8) is 0 Å². The predicted octanol–water partition coefficient (Wildman–Crippen LogP) is 2.40. The third kappa shape index (κ3) is 6.50. The van der Waals surface area contributed by atoms with Gasteiger partial charge in [0.25, 0.3) is 0 Å². The topological polar surface area (TPSA) is 58.2 Å². The second kappa shape index (κ2) is 7.76. The molecule has 1 aromatic carbocycles. The Kier molecular flexibility index (Phi) is 6.65. The van der Waals surface area contributed by atoms with Crippen LogP contribution in [0.5, 0.6) is 0 Å². The highest BCUT2D eigenvalue weighted by Crippen LogP contribution is 2.09. The molecule has 0 spiro atoms. The Morgan fingerprint density at radius 3 is 2.40 bits per heavy atom. The maximum Gasteiger partial charge on any atom is 0.216 e. The minimum absolute atomic E-state index is 0.0224. The molecule has 0 radical (unpaired) electrons. The molecule has 0 aliphatic rings. The van der Waals surface area contributed by atoms with Gasteiger partial charge >= 0.3 is 0 Å². The van der Waals surface area contributed by atoms with Crippen LogP contribution in [0.25, 0.3) is 0 Å². The largest absolute Gasteiger partial charge is 0.310 e. The number of hydrogen-bond donors (Lipinski definition) is 2. The van der Waals surface area contributed by atoms with Crippen molar-refractivity contribution in [1.82, 2.24) is 10.0 Å². The summed E-state index contributed by atoms with van der Waals surface area (Å²) in [5.41, 5.74) is 1.93. The van der Waals surface area contributed by atoms with E-state index in [2.05, 4.69) is 23.9 Å². The molecule has 0 amide bonds. The summed E-state index contributed by atoms with van der Waals surface area (Å²) in [6, 6.07) is 8.11. The van der Waals surface area contributed by atoms with Gasteiger partial charge in [-0.15, -0.1) is 0 Å². The monoisotopic (exact) mass is 298 g/mol. The van der Waals surface area contributed by atoms with Crippen molar-refractivity contribution >= 4 is 10.0 Å². The number of hydrogen-bond acceptors (Lipinski definition) is 3. The lowest BCUT2D eigenvalue weighted by Crippen LogP contribution is -2.33. The molecule has 4 nitrogen and oxygen atoms in total. The van der Waals surface area contributed by atoms with Crippen molar-refractivity contribution < 1.29 is 8.42 Å². The van der Waals surface area contributed by atoms with Gasteiger partial charge in [-0.25, -0.2) is 13.1 Å². The lowest BCUT2D eigenvalue weighted by atomic mass is 10.1. The van der Waals surface area contributed by atoms with Gasteiger partial charge in [0.05, 0.1) is 5.75 Å². The summed E-state index contributed by atoms with van der Waals surface area (Å²) < 4.78 is 26.7. The molecule has 0 fully saturated rings. The van der Waals surface area contributed by atoms with Crippen LogP contribution in [0, 0.1) is 0 Å². The molecule has 0 saturated carbocycles. The van der Waals surface area contributed by atoms with Crippen molar-refractivity contribution in [2.75, 3.05) is 0 Å². The Morgan fingerprint density at radius 1 is 1.15 bits per heavy atom. The molecule has 0 aliphatic carbocycles. The zero-order valence-electron chi connectivity index (χ0n) is 12.8. The third-order valence-electron chi connectivity index (χ3n) is 3.06. The van der Waals surface area contributed by atoms with Crippen LogP contribution in [0.3, 0.4) is 0 Å². The van der Waals surface area contributed by atoms with E-state index in [1.165, 1.54) is 0 Å². The van der Waals surface area contributed by atoms with Crippen LogP contribution in [-0.4, -0.2) is 20.5 Å². The van der Waals surface area contributed by atoms with Crippen LogP contribution < -0.4 is 10.0 Å². The molecule has 1 atom stereocenters. The van der Waals surface area contributed by atoms with Gasteiger partial charge in [-0.05, 0) is 24.5 Å². The van der Waals surface area contributed by atoms with Crippen LogP contribution in [0.1, 0.15) is 45.2 Å². The molecule has 1 aromatic rings. The molecule has 0 aliphatic heterocycles. The average molecular weight is 298 g/mol. The second-order valence-corrected chi connectivity index (χ2v) is 7.30. The van der Waals surface area contributed by atoms with E-state index >= 15 is 0 Å². The number of sulfonamides is 1. The zero-order valence-corrected chi connectivity index (χ0v) is 13.6. The van der Waals surface area contributed by atoms with Crippen LogP contribution in [0.2, 0.25) is 0 Å². The van der Waals surface area contributed by atoms with Crippen LogP contribution >= 0.6 is 0 Å². The smallest absolute Gasteiger partial charge is 0.216 e. The minimum Gasteiger partial charge on any atom is -0.310 e. The molecule has 114 valence electrons. The summed E-state index contributed by atoms with van der Waals surface area (Å²) in [7, 11) is -3.26. The molecule has 20 heavy (non-hydrogen) atoms. The Labute approximate surface area is 123 Å². The Balaban J connectivity index is 2.70. The minimum atomic E-state index is -3.26. The number of benzene rings is 1. The normalized spacial score (nSPS) is 13.7. The van der Waals surface area contributed by atoms with Gasteiger partial charge in [-0.2, -0.15) is 0 Å². The molecule has 0 aromatic heterocycles. The fourth-order valence-corrected chi connectivity index (χ4v) is 3.28. The van der Waals surface area contributed by atoms with E-state index in [1.54, 1.807) is 0 Å². The van der Waals surface area contributed by atoms with E-state index in [0.717, 1.165) is 24.1 Å². The number of nitrogens with one attached hydrogen (secondary N) is 2. The van der Waals surface area contributed by atoms with Crippen molar-refractivity contribution in [2.24, 2.45) is 0 Å². The summed E-state index contributed by atoms with van der Waals surface area (Å²) in [6.07, 6.45) is 0.789. The third-order valence-corrected chi connectivity index (χ3v) is 4.53. The van der Waals surface area contributed by atoms with Gasteiger partial charge < -0.3 is 5.32 Å². The second-order valence-electron chi connectivity index (χ2n) is 5.54. The molecule has 5 heteroatoms. The van der Waals surface area contributed by atoms with Gasteiger partial charge in [-0.3, -0.25) is 0 Å². The van der Waals surface area contributed by atoms with Crippen LogP contribution in [0.4, 0.5) is 0 Å². The van der Waals surface area contributed by atoms with E-state index in [4.69, 9.17) is 0 Å². The summed E-state index contributed by atoms with van der Waals surface area (Å²) in [4.78, 5) is 0.